The van der Waals surface area contributed by atoms with E-state index in [2.05, 4.69) is 46.0 Å². The Bertz CT molecular complexity index is 1310. The Morgan fingerprint density at radius 2 is 1.68 bits per heavy atom. The third-order valence-corrected chi connectivity index (χ3v) is 6.46. The van der Waals surface area contributed by atoms with Crippen molar-refractivity contribution < 1.29 is 14.4 Å². The predicted molar refractivity (Wildman–Crippen MR) is 126 cm³/mol. The predicted octanol–water partition coefficient (Wildman–Crippen LogP) is 3.75. The van der Waals surface area contributed by atoms with Gasteiger partial charge >= 0.3 is 5.97 Å². The van der Waals surface area contributed by atoms with Gasteiger partial charge in [0.2, 0.25) is 5.95 Å². The van der Waals surface area contributed by atoms with Gasteiger partial charge in [-0.1, -0.05) is 43.3 Å². The van der Waals surface area contributed by atoms with E-state index in [4.69, 9.17) is 10.3 Å². The van der Waals surface area contributed by atoms with Crippen molar-refractivity contribution in [2.45, 2.75) is 45.6 Å². The smallest absolute Gasteiger partial charge is 0.331 e. The number of hydrogen-bond acceptors (Lipinski definition) is 8. The first kappa shape index (κ1) is 23.1. The summed E-state index contributed by atoms with van der Waals surface area (Å²) < 4.78 is 6.94. The number of nitrogens with zero attached hydrogens (tertiary/aromatic N) is 6. The van der Waals surface area contributed by atoms with Gasteiger partial charge in [-0.05, 0) is 37.8 Å². The number of carbonyl (C=O) groups is 1. The van der Waals surface area contributed by atoms with Crippen LogP contribution >= 0.6 is 0 Å². The van der Waals surface area contributed by atoms with Crippen molar-refractivity contribution in [1.29, 1.82) is 0 Å². The highest BCUT2D eigenvalue weighted by atomic mass is 16.5. The van der Waals surface area contributed by atoms with Gasteiger partial charge in [0.05, 0.1) is 17.2 Å². The third-order valence-electron chi connectivity index (χ3n) is 6.46. The molecule has 0 fully saturated rings. The van der Waals surface area contributed by atoms with Gasteiger partial charge in [-0.25, -0.2) is 14.8 Å². The Hall–Kier alpha value is -4.08. The molecule has 0 aliphatic carbocycles. The normalized spacial score (nSPS) is 13.7. The minimum Gasteiger partial charge on any atom is -0.479 e. The highest BCUT2D eigenvalue weighted by molar-refractivity contribution is 5.75. The third kappa shape index (κ3) is 3.91. The number of hydrogen-bond donors (Lipinski definition) is 2. The molecule has 0 bridgehead atoms. The summed E-state index contributed by atoms with van der Waals surface area (Å²) in [5.74, 6) is 0.209. The molecule has 0 aliphatic rings. The van der Waals surface area contributed by atoms with Gasteiger partial charge in [-0.15, -0.1) is 0 Å². The zero-order chi connectivity index (χ0) is 24.7. The zero-order valence-corrected chi connectivity index (χ0v) is 19.7. The quantitative estimate of drug-likeness (QED) is 0.420. The summed E-state index contributed by atoms with van der Waals surface area (Å²) in [6.45, 7) is 9.42. The largest absolute Gasteiger partial charge is 0.479 e. The average Bonchev–Trinajstić information content (AvgIpc) is 3.49. The Balaban J connectivity index is 1.66. The zero-order valence-electron chi connectivity index (χ0n) is 19.7. The first-order valence-electron chi connectivity index (χ1n) is 10.8. The molecule has 10 nitrogen and oxygen atoms in total. The first-order valence-corrected chi connectivity index (χ1v) is 10.8. The molecular weight excluding hydrogens is 434 g/mol. The summed E-state index contributed by atoms with van der Waals surface area (Å²) in [6.07, 6.45) is 6.51. The Labute approximate surface area is 196 Å². The highest BCUT2D eigenvalue weighted by Crippen LogP contribution is 2.39. The standard InChI is InChI=1S/C24H27N7O3/c1-14(2)24(5,18-8-6-15(7-9-18)16-10-26-22(25)27-11-16)20-29-19(34-30-20)17-12-28-31(13-17)23(3,4)21(32)33/h6-14H,1-5H3,(H,32,33)(H2,25,26,27). The van der Waals surface area contributed by atoms with Crippen LogP contribution < -0.4 is 5.73 Å². The van der Waals surface area contributed by atoms with Crippen LogP contribution in [0.3, 0.4) is 0 Å². The summed E-state index contributed by atoms with van der Waals surface area (Å²) in [5.41, 5.74) is 7.27. The van der Waals surface area contributed by atoms with Gasteiger partial charge in [-0.2, -0.15) is 10.1 Å². The number of aliphatic carboxylic acids is 1. The van der Waals surface area contributed by atoms with E-state index in [-0.39, 0.29) is 17.8 Å². The van der Waals surface area contributed by atoms with E-state index in [1.807, 2.05) is 24.3 Å². The van der Waals surface area contributed by atoms with Crippen molar-refractivity contribution in [2.24, 2.45) is 5.92 Å². The molecule has 0 aliphatic heterocycles. The monoisotopic (exact) mass is 461 g/mol. The van der Waals surface area contributed by atoms with Crippen molar-refractivity contribution >= 4 is 11.9 Å². The Morgan fingerprint density at radius 3 is 2.26 bits per heavy atom. The lowest BCUT2D eigenvalue weighted by molar-refractivity contribution is -0.146. The summed E-state index contributed by atoms with van der Waals surface area (Å²) in [5, 5.41) is 17.9. The van der Waals surface area contributed by atoms with Crippen LogP contribution in [0, 0.1) is 5.92 Å². The molecule has 3 aromatic heterocycles. The van der Waals surface area contributed by atoms with Gasteiger partial charge < -0.3 is 15.4 Å². The summed E-state index contributed by atoms with van der Waals surface area (Å²) >= 11 is 0. The van der Waals surface area contributed by atoms with Crippen LogP contribution in [0.15, 0.2) is 53.6 Å². The van der Waals surface area contributed by atoms with Crippen molar-refractivity contribution in [2.75, 3.05) is 5.73 Å². The van der Waals surface area contributed by atoms with E-state index < -0.39 is 16.9 Å². The van der Waals surface area contributed by atoms with Crippen molar-refractivity contribution in [1.82, 2.24) is 29.9 Å². The van der Waals surface area contributed by atoms with Crippen LogP contribution in [0.2, 0.25) is 0 Å². The van der Waals surface area contributed by atoms with Crippen molar-refractivity contribution in [3.8, 4) is 22.6 Å². The van der Waals surface area contributed by atoms with Crippen LogP contribution in [0.4, 0.5) is 5.95 Å². The number of aromatic nitrogens is 6. The fraction of sp³-hybridized carbons (Fsp3) is 0.333. The van der Waals surface area contributed by atoms with Gasteiger partial charge in [0.15, 0.2) is 11.4 Å². The SMILES string of the molecule is CC(C)C(C)(c1ccc(-c2cnc(N)nc2)cc1)c1noc(-c2cnn(C(C)(C)C(=O)O)c2)n1. The number of rotatable bonds is 7. The first-order chi connectivity index (χ1) is 16.0. The maximum Gasteiger partial charge on any atom is 0.331 e. The number of carboxylic acid groups (broad SMARTS) is 1. The molecular formula is C24H27N7O3. The fourth-order valence-electron chi connectivity index (χ4n) is 3.61. The Kier molecular flexibility index (Phi) is 5.68. The number of anilines is 1. The van der Waals surface area contributed by atoms with Crippen LogP contribution in [-0.2, 0) is 15.7 Å². The molecule has 1 unspecified atom stereocenters. The van der Waals surface area contributed by atoms with Crippen LogP contribution in [0.1, 0.15) is 46.0 Å². The van der Waals surface area contributed by atoms with E-state index in [0.29, 0.717) is 11.4 Å². The average molecular weight is 462 g/mol. The minimum absolute atomic E-state index is 0.150. The Morgan fingerprint density at radius 1 is 1.03 bits per heavy atom. The molecule has 3 heterocycles. The van der Waals surface area contributed by atoms with E-state index >= 15 is 0 Å². The number of nitrogen functional groups attached to an aromatic ring is 1. The van der Waals surface area contributed by atoms with Gasteiger partial charge in [-0.3, -0.25) is 4.68 Å². The van der Waals surface area contributed by atoms with Gasteiger partial charge in [0.25, 0.3) is 5.89 Å². The summed E-state index contributed by atoms with van der Waals surface area (Å²) in [4.78, 5) is 24.3. The summed E-state index contributed by atoms with van der Waals surface area (Å²) in [7, 11) is 0. The number of carboxylic acids is 1. The van der Waals surface area contributed by atoms with E-state index in [9.17, 15) is 9.90 Å². The second-order valence-corrected chi connectivity index (χ2v) is 9.23. The minimum atomic E-state index is -1.20. The van der Waals surface area contributed by atoms with Crippen LogP contribution in [0.25, 0.3) is 22.6 Å². The lowest BCUT2D eigenvalue weighted by Gasteiger charge is -2.31. The van der Waals surface area contributed by atoms with Crippen LogP contribution in [-0.4, -0.2) is 41.0 Å². The molecule has 0 saturated heterocycles. The molecule has 1 atom stereocenters. The maximum atomic E-state index is 11.5. The number of benzene rings is 1. The molecule has 0 amide bonds. The summed E-state index contributed by atoms with van der Waals surface area (Å²) in [6, 6.07) is 8.08. The molecule has 0 saturated carbocycles. The van der Waals surface area contributed by atoms with E-state index in [1.54, 1.807) is 32.4 Å². The number of nitrogens with two attached hydrogens (primary N) is 1. The lowest BCUT2D eigenvalue weighted by atomic mass is 9.72. The van der Waals surface area contributed by atoms with Gasteiger partial charge in [0.1, 0.15) is 0 Å². The molecule has 4 aromatic rings. The molecule has 176 valence electrons. The second-order valence-electron chi connectivity index (χ2n) is 9.23. The van der Waals surface area contributed by atoms with Crippen LogP contribution in [0.5, 0.6) is 0 Å². The highest BCUT2D eigenvalue weighted by Gasteiger charge is 2.38. The second kappa shape index (κ2) is 8.36. The molecule has 3 N–H and O–H groups in total. The topological polar surface area (TPSA) is 146 Å². The molecule has 1 aromatic carbocycles. The molecule has 34 heavy (non-hydrogen) atoms. The molecule has 10 heteroatoms. The molecule has 4 rings (SSSR count). The fourth-order valence-corrected chi connectivity index (χ4v) is 3.61. The van der Waals surface area contributed by atoms with E-state index in [0.717, 1.165) is 16.7 Å². The maximum absolute atomic E-state index is 11.5. The van der Waals surface area contributed by atoms with E-state index in [1.165, 1.54) is 10.9 Å². The lowest BCUT2D eigenvalue weighted by Crippen LogP contribution is -2.35. The molecule has 0 spiro atoms. The molecule has 0 radical (unpaired) electrons. The van der Waals surface area contributed by atoms with Crippen molar-refractivity contribution in [3.05, 3.63) is 60.4 Å². The van der Waals surface area contributed by atoms with Crippen molar-refractivity contribution in [3.63, 3.8) is 0 Å². The van der Waals surface area contributed by atoms with Gasteiger partial charge in [0, 0.05) is 24.2 Å².